The molecular formula is C20H22ClN3O3. The van der Waals surface area contributed by atoms with Gasteiger partial charge < -0.3 is 9.64 Å². The summed E-state index contributed by atoms with van der Waals surface area (Å²) >= 11 is 5.83. The predicted molar refractivity (Wildman–Crippen MR) is 102 cm³/mol. The monoisotopic (exact) mass is 387 g/mol. The van der Waals surface area contributed by atoms with Crippen LogP contribution in [-0.4, -0.2) is 45.8 Å². The molecule has 7 heteroatoms. The summed E-state index contributed by atoms with van der Waals surface area (Å²) in [7, 11) is 0. The second kappa shape index (κ2) is 8.48. The number of ether oxygens (including phenoxy) is 1. The molecule has 1 fully saturated rings. The molecule has 1 aliphatic heterocycles. The minimum Gasteiger partial charge on any atom is -0.458 e. The summed E-state index contributed by atoms with van der Waals surface area (Å²) in [6.07, 6.45) is 0.978. The normalized spacial score (nSPS) is 16.4. The zero-order valence-corrected chi connectivity index (χ0v) is 16.2. The average Bonchev–Trinajstić information content (AvgIpc) is 3.07. The molecule has 1 saturated heterocycles. The standard InChI is InChI=1S/C20H22ClN3O3/c1-13-11-14(2)23-20(22-13)27-17-9-10-24(12-17)19(26)8-7-18(25)15-3-5-16(21)6-4-15/h3-6,11,17H,7-10,12H2,1-2H3/t17-/m0/s1. The highest BCUT2D eigenvalue weighted by Gasteiger charge is 2.28. The molecule has 0 N–H and O–H groups in total. The first-order chi connectivity index (χ1) is 12.9. The van der Waals surface area contributed by atoms with Crippen LogP contribution in [0.5, 0.6) is 6.01 Å². The number of hydrogen-bond acceptors (Lipinski definition) is 5. The number of Topliss-reactive ketones (excluding diaryl/α,β-unsaturated/α-hetero) is 1. The summed E-state index contributed by atoms with van der Waals surface area (Å²) in [5.74, 6) is -0.0968. The van der Waals surface area contributed by atoms with Crippen LogP contribution >= 0.6 is 11.6 Å². The molecular weight excluding hydrogens is 366 g/mol. The van der Waals surface area contributed by atoms with Crippen LogP contribution in [0.4, 0.5) is 0 Å². The number of nitrogens with zero attached hydrogens (tertiary/aromatic N) is 3. The van der Waals surface area contributed by atoms with Crippen molar-refractivity contribution < 1.29 is 14.3 Å². The highest BCUT2D eigenvalue weighted by atomic mass is 35.5. The van der Waals surface area contributed by atoms with Gasteiger partial charge >= 0.3 is 6.01 Å². The Labute approximate surface area is 163 Å². The van der Waals surface area contributed by atoms with E-state index in [1.54, 1.807) is 29.2 Å². The van der Waals surface area contributed by atoms with E-state index < -0.39 is 0 Å². The summed E-state index contributed by atoms with van der Waals surface area (Å²) in [6.45, 7) is 4.89. The van der Waals surface area contributed by atoms with Crippen LogP contribution < -0.4 is 4.74 Å². The molecule has 1 atom stereocenters. The fourth-order valence-electron chi connectivity index (χ4n) is 3.10. The number of carbonyl (C=O) groups excluding carboxylic acids is 2. The number of aromatic nitrogens is 2. The van der Waals surface area contributed by atoms with Crippen molar-refractivity contribution in [2.75, 3.05) is 13.1 Å². The van der Waals surface area contributed by atoms with Gasteiger partial charge in [0, 0.05) is 47.8 Å². The summed E-state index contributed by atoms with van der Waals surface area (Å²) in [5, 5.41) is 0.582. The van der Waals surface area contributed by atoms with E-state index in [1.807, 2.05) is 19.9 Å². The summed E-state index contributed by atoms with van der Waals surface area (Å²) in [6, 6.07) is 8.94. The molecule has 1 aliphatic rings. The van der Waals surface area contributed by atoms with Gasteiger partial charge in [0.15, 0.2) is 5.78 Å². The van der Waals surface area contributed by atoms with Crippen molar-refractivity contribution in [2.24, 2.45) is 0 Å². The quantitative estimate of drug-likeness (QED) is 0.710. The number of aryl methyl sites for hydroxylation is 2. The van der Waals surface area contributed by atoms with Crippen molar-refractivity contribution in [3.8, 4) is 6.01 Å². The number of rotatable bonds is 6. The van der Waals surface area contributed by atoms with Gasteiger partial charge in [-0.25, -0.2) is 9.97 Å². The van der Waals surface area contributed by atoms with Gasteiger partial charge in [0.05, 0.1) is 6.54 Å². The number of carbonyl (C=O) groups is 2. The molecule has 142 valence electrons. The Balaban J connectivity index is 1.48. The average molecular weight is 388 g/mol. The van der Waals surface area contributed by atoms with Gasteiger partial charge in [-0.3, -0.25) is 9.59 Å². The summed E-state index contributed by atoms with van der Waals surface area (Å²) < 4.78 is 5.83. The van der Waals surface area contributed by atoms with Crippen LogP contribution in [0, 0.1) is 13.8 Å². The first-order valence-electron chi connectivity index (χ1n) is 8.96. The molecule has 0 spiro atoms. The van der Waals surface area contributed by atoms with Crippen molar-refractivity contribution in [2.45, 2.75) is 39.2 Å². The van der Waals surface area contributed by atoms with E-state index in [0.717, 1.165) is 17.8 Å². The first-order valence-corrected chi connectivity index (χ1v) is 9.34. The molecule has 1 aromatic carbocycles. The van der Waals surface area contributed by atoms with Crippen LogP contribution in [0.25, 0.3) is 0 Å². The lowest BCUT2D eigenvalue weighted by Crippen LogP contribution is -2.31. The Bertz CT molecular complexity index is 819. The third-order valence-corrected chi connectivity index (χ3v) is 4.72. The maximum Gasteiger partial charge on any atom is 0.317 e. The molecule has 0 unspecified atom stereocenters. The number of benzene rings is 1. The summed E-state index contributed by atoms with van der Waals surface area (Å²) in [4.78, 5) is 34.9. The highest BCUT2D eigenvalue weighted by molar-refractivity contribution is 6.30. The van der Waals surface area contributed by atoms with Crippen molar-refractivity contribution >= 4 is 23.3 Å². The second-order valence-corrected chi connectivity index (χ2v) is 7.17. The van der Waals surface area contributed by atoms with Crippen LogP contribution in [-0.2, 0) is 4.79 Å². The van der Waals surface area contributed by atoms with E-state index in [2.05, 4.69) is 9.97 Å². The molecule has 0 aliphatic carbocycles. The van der Waals surface area contributed by atoms with Gasteiger partial charge in [0.1, 0.15) is 6.10 Å². The minimum atomic E-state index is -0.123. The van der Waals surface area contributed by atoms with E-state index in [1.165, 1.54) is 0 Å². The van der Waals surface area contributed by atoms with E-state index in [4.69, 9.17) is 16.3 Å². The Kier molecular flexibility index (Phi) is 6.06. The van der Waals surface area contributed by atoms with E-state index in [9.17, 15) is 9.59 Å². The van der Waals surface area contributed by atoms with Crippen LogP contribution in [0.2, 0.25) is 5.02 Å². The van der Waals surface area contributed by atoms with Gasteiger partial charge in [-0.1, -0.05) is 11.6 Å². The smallest absolute Gasteiger partial charge is 0.317 e. The highest BCUT2D eigenvalue weighted by Crippen LogP contribution is 2.18. The molecule has 1 aromatic heterocycles. The Hall–Kier alpha value is -2.47. The minimum absolute atomic E-state index is 0.0373. The predicted octanol–water partition coefficient (Wildman–Crippen LogP) is 3.39. The Morgan fingerprint density at radius 1 is 1.15 bits per heavy atom. The van der Waals surface area contributed by atoms with Crippen LogP contribution in [0.15, 0.2) is 30.3 Å². The lowest BCUT2D eigenvalue weighted by Gasteiger charge is -2.16. The lowest BCUT2D eigenvalue weighted by molar-refractivity contribution is -0.130. The molecule has 3 rings (SSSR count). The zero-order valence-electron chi connectivity index (χ0n) is 15.4. The molecule has 27 heavy (non-hydrogen) atoms. The van der Waals surface area contributed by atoms with Crippen LogP contribution in [0.1, 0.15) is 41.0 Å². The number of halogens is 1. The largest absolute Gasteiger partial charge is 0.458 e. The number of amides is 1. The first kappa shape index (κ1) is 19.3. The zero-order chi connectivity index (χ0) is 19.4. The van der Waals surface area contributed by atoms with Gasteiger partial charge in [-0.2, -0.15) is 0 Å². The lowest BCUT2D eigenvalue weighted by atomic mass is 10.1. The van der Waals surface area contributed by atoms with E-state index in [0.29, 0.717) is 29.7 Å². The van der Waals surface area contributed by atoms with Gasteiger partial charge in [-0.15, -0.1) is 0 Å². The molecule has 2 heterocycles. The van der Waals surface area contributed by atoms with Gasteiger partial charge in [-0.05, 0) is 44.2 Å². The molecule has 2 aromatic rings. The van der Waals surface area contributed by atoms with E-state index >= 15 is 0 Å². The van der Waals surface area contributed by atoms with Crippen molar-refractivity contribution in [1.82, 2.24) is 14.9 Å². The molecule has 0 radical (unpaired) electrons. The second-order valence-electron chi connectivity index (χ2n) is 6.73. The third-order valence-electron chi connectivity index (χ3n) is 4.46. The maximum atomic E-state index is 12.4. The molecule has 0 saturated carbocycles. The Morgan fingerprint density at radius 2 is 1.81 bits per heavy atom. The number of hydrogen-bond donors (Lipinski definition) is 0. The molecule has 0 bridgehead atoms. The van der Waals surface area contributed by atoms with Gasteiger partial charge in [0.25, 0.3) is 0 Å². The van der Waals surface area contributed by atoms with Crippen molar-refractivity contribution in [1.29, 1.82) is 0 Å². The topological polar surface area (TPSA) is 72.4 Å². The number of likely N-dealkylation sites (tertiary alicyclic amines) is 1. The molecule has 1 amide bonds. The summed E-state index contributed by atoms with van der Waals surface area (Å²) in [5.41, 5.74) is 2.27. The Morgan fingerprint density at radius 3 is 2.48 bits per heavy atom. The number of ketones is 1. The fourth-order valence-corrected chi connectivity index (χ4v) is 3.23. The SMILES string of the molecule is Cc1cc(C)nc(O[C@H]2CCN(C(=O)CCC(=O)c3ccc(Cl)cc3)C2)n1. The molecule has 6 nitrogen and oxygen atoms in total. The van der Waals surface area contributed by atoms with Crippen LogP contribution in [0.3, 0.4) is 0 Å². The maximum absolute atomic E-state index is 12.4. The van der Waals surface area contributed by atoms with Crippen molar-refractivity contribution in [3.63, 3.8) is 0 Å². The van der Waals surface area contributed by atoms with E-state index in [-0.39, 0.29) is 30.6 Å². The van der Waals surface area contributed by atoms with Crippen molar-refractivity contribution in [3.05, 3.63) is 52.3 Å². The fraction of sp³-hybridized carbons (Fsp3) is 0.400. The van der Waals surface area contributed by atoms with Gasteiger partial charge in [0.2, 0.25) is 5.91 Å². The third kappa shape index (κ3) is 5.26.